The van der Waals surface area contributed by atoms with Crippen LogP contribution in [-0.2, 0) is 4.79 Å². The largest absolute Gasteiger partial charge is 0.360 e. The summed E-state index contributed by atoms with van der Waals surface area (Å²) in [4.78, 5) is 12.2. The molecule has 158 valence electrons. The van der Waals surface area contributed by atoms with Crippen molar-refractivity contribution in [1.29, 1.82) is 0 Å². The van der Waals surface area contributed by atoms with Gasteiger partial charge in [-0.15, -0.1) is 10.2 Å². The summed E-state index contributed by atoms with van der Waals surface area (Å²) in [7, 11) is 0. The molecule has 0 bridgehead atoms. The minimum absolute atomic E-state index is 0.142. The molecule has 0 saturated heterocycles. The molecule has 0 aliphatic rings. The van der Waals surface area contributed by atoms with E-state index in [1.807, 2.05) is 60.0 Å². The number of nitrogens with zero attached hydrogens (tertiary/aromatic N) is 4. The zero-order valence-electron chi connectivity index (χ0n) is 17.0. The number of anilines is 1. The van der Waals surface area contributed by atoms with Gasteiger partial charge < -0.3 is 9.84 Å². The molecule has 2 heterocycles. The summed E-state index contributed by atoms with van der Waals surface area (Å²) in [5.41, 5.74) is 3.03. The summed E-state index contributed by atoms with van der Waals surface area (Å²) in [5.74, 6) is 2.18. The molecule has 2 aromatic heterocycles. The first-order valence-electron chi connectivity index (χ1n) is 9.64. The molecule has 0 saturated carbocycles. The number of nitrogens with one attached hydrogen (secondary N) is 1. The number of amides is 1. The van der Waals surface area contributed by atoms with E-state index < -0.39 is 0 Å². The summed E-state index contributed by atoms with van der Waals surface area (Å²) in [6.45, 7) is 3.81. The zero-order valence-corrected chi connectivity index (χ0v) is 18.6. The quantitative estimate of drug-likeness (QED) is 0.381. The lowest BCUT2D eigenvalue weighted by atomic mass is 10.1. The van der Waals surface area contributed by atoms with E-state index in [0.717, 1.165) is 17.1 Å². The number of hydrogen-bond donors (Lipinski definition) is 1. The normalized spacial score (nSPS) is 10.9. The monoisotopic (exact) mass is 453 g/mol. The molecule has 0 radical (unpaired) electrons. The van der Waals surface area contributed by atoms with Crippen molar-refractivity contribution in [2.75, 3.05) is 11.1 Å². The maximum Gasteiger partial charge on any atom is 0.226 e. The van der Waals surface area contributed by atoms with E-state index in [-0.39, 0.29) is 5.91 Å². The second-order valence-corrected chi connectivity index (χ2v) is 8.45. The number of aromatic nitrogens is 4. The molecule has 0 unspecified atom stereocenters. The molecular weight excluding hydrogens is 434 g/mol. The predicted octanol–water partition coefficient (Wildman–Crippen LogP) is 5.31. The summed E-state index contributed by atoms with van der Waals surface area (Å²) in [6, 6.07) is 17.3. The van der Waals surface area contributed by atoms with Gasteiger partial charge >= 0.3 is 0 Å². The highest BCUT2D eigenvalue weighted by molar-refractivity contribution is 7.99. The summed E-state index contributed by atoms with van der Waals surface area (Å²) in [5, 5.41) is 16.7. The minimum Gasteiger partial charge on any atom is -0.360 e. The second kappa shape index (κ2) is 9.36. The lowest BCUT2D eigenvalue weighted by molar-refractivity contribution is -0.115. The number of aryl methyl sites for hydroxylation is 2. The van der Waals surface area contributed by atoms with E-state index >= 15 is 0 Å². The van der Waals surface area contributed by atoms with Gasteiger partial charge in [0.05, 0.1) is 0 Å². The molecule has 7 nitrogen and oxygen atoms in total. The Labute approximate surface area is 188 Å². The Kier molecular flexibility index (Phi) is 6.39. The smallest absolute Gasteiger partial charge is 0.226 e. The van der Waals surface area contributed by atoms with Crippen LogP contribution in [0.15, 0.2) is 64.3 Å². The number of carbonyl (C=O) groups excluding carboxylic acids is 1. The van der Waals surface area contributed by atoms with Crippen LogP contribution in [0.2, 0.25) is 5.02 Å². The van der Waals surface area contributed by atoms with E-state index in [1.165, 1.54) is 17.3 Å². The Balaban J connectivity index is 1.53. The van der Waals surface area contributed by atoms with Gasteiger partial charge in [-0.3, -0.25) is 9.36 Å². The highest BCUT2D eigenvalue weighted by Gasteiger charge is 2.17. The van der Waals surface area contributed by atoms with Crippen LogP contribution in [0.3, 0.4) is 0 Å². The molecule has 4 aromatic rings. The molecular formula is C22H20ClN5O2S. The van der Waals surface area contributed by atoms with Gasteiger partial charge in [-0.25, -0.2) is 0 Å². The molecule has 31 heavy (non-hydrogen) atoms. The van der Waals surface area contributed by atoms with Crippen molar-refractivity contribution in [2.24, 2.45) is 0 Å². The first-order chi connectivity index (χ1) is 15.0. The standard InChI is InChI=1S/C22H20ClN5O2S/c1-14-3-5-16(6-4-14)21-25-26-22(28(21)18-9-7-17(23)8-10-18)31-12-11-20(29)24-19-13-15(2)30-27-19/h3-10,13H,11-12H2,1-2H3,(H,24,27,29). The first-order valence-corrected chi connectivity index (χ1v) is 11.0. The third-order valence-electron chi connectivity index (χ3n) is 4.48. The number of carbonyl (C=O) groups is 1. The lowest BCUT2D eigenvalue weighted by Crippen LogP contribution is -2.12. The first kappa shape index (κ1) is 21.1. The fraction of sp³-hybridized carbons (Fsp3) is 0.182. The van der Waals surface area contributed by atoms with E-state index in [4.69, 9.17) is 16.1 Å². The SMILES string of the molecule is Cc1ccc(-c2nnc(SCCC(=O)Nc3cc(C)on3)n2-c2ccc(Cl)cc2)cc1. The molecule has 9 heteroatoms. The van der Waals surface area contributed by atoms with E-state index in [1.54, 1.807) is 13.0 Å². The van der Waals surface area contributed by atoms with Crippen molar-refractivity contribution in [3.05, 3.63) is 70.9 Å². The van der Waals surface area contributed by atoms with Gasteiger partial charge in [-0.1, -0.05) is 58.3 Å². The number of thioether (sulfide) groups is 1. The van der Waals surface area contributed by atoms with E-state index in [9.17, 15) is 4.79 Å². The van der Waals surface area contributed by atoms with Crippen LogP contribution >= 0.6 is 23.4 Å². The topological polar surface area (TPSA) is 85.8 Å². The third-order valence-corrected chi connectivity index (χ3v) is 5.67. The maximum atomic E-state index is 12.2. The van der Waals surface area contributed by atoms with Crippen LogP contribution in [-0.4, -0.2) is 31.6 Å². The van der Waals surface area contributed by atoms with Crippen LogP contribution in [0.5, 0.6) is 0 Å². The summed E-state index contributed by atoms with van der Waals surface area (Å²) < 4.78 is 6.94. The van der Waals surface area contributed by atoms with Crippen LogP contribution in [0.25, 0.3) is 17.1 Å². The summed E-state index contributed by atoms with van der Waals surface area (Å²) in [6.07, 6.45) is 0.296. The third kappa shape index (κ3) is 5.15. The van der Waals surface area contributed by atoms with Crippen molar-refractivity contribution in [3.63, 3.8) is 0 Å². The maximum absolute atomic E-state index is 12.2. The van der Waals surface area contributed by atoms with Gasteiger partial charge in [-0.05, 0) is 38.1 Å². The van der Waals surface area contributed by atoms with Gasteiger partial charge in [0, 0.05) is 34.5 Å². The molecule has 0 fully saturated rings. The van der Waals surface area contributed by atoms with Crippen molar-refractivity contribution in [1.82, 2.24) is 19.9 Å². The van der Waals surface area contributed by atoms with Gasteiger partial charge in [0.2, 0.25) is 5.91 Å². The fourth-order valence-corrected chi connectivity index (χ4v) is 3.96. The number of benzene rings is 2. The molecule has 1 N–H and O–H groups in total. The highest BCUT2D eigenvalue weighted by atomic mass is 35.5. The molecule has 0 aliphatic carbocycles. The van der Waals surface area contributed by atoms with Gasteiger partial charge in [0.15, 0.2) is 16.8 Å². The molecule has 1 amide bonds. The Morgan fingerprint density at radius 2 is 1.84 bits per heavy atom. The minimum atomic E-state index is -0.142. The Morgan fingerprint density at radius 3 is 2.52 bits per heavy atom. The molecule has 4 rings (SSSR count). The van der Waals surface area contributed by atoms with Crippen molar-refractivity contribution >= 4 is 35.1 Å². The average Bonchev–Trinajstić information content (AvgIpc) is 3.35. The van der Waals surface area contributed by atoms with E-state index in [0.29, 0.717) is 33.9 Å². The number of rotatable bonds is 7. The molecule has 2 aromatic carbocycles. The zero-order chi connectivity index (χ0) is 21.8. The van der Waals surface area contributed by atoms with Gasteiger partial charge in [-0.2, -0.15) is 0 Å². The number of halogens is 1. The highest BCUT2D eigenvalue weighted by Crippen LogP contribution is 2.29. The van der Waals surface area contributed by atoms with E-state index in [2.05, 4.69) is 20.7 Å². The summed E-state index contributed by atoms with van der Waals surface area (Å²) >= 11 is 7.53. The Bertz CT molecular complexity index is 1190. The Morgan fingerprint density at radius 1 is 1.10 bits per heavy atom. The lowest BCUT2D eigenvalue weighted by Gasteiger charge is -2.11. The van der Waals surface area contributed by atoms with Gasteiger partial charge in [0.25, 0.3) is 0 Å². The predicted molar refractivity (Wildman–Crippen MR) is 122 cm³/mol. The van der Waals surface area contributed by atoms with Gasteiger partial charge in [0.1, 0.15) is 5.76 Å². The molecule has 0 spiro atoms. The average molecular weight is 454 g/mol. The van der Waals surface area contributed by atoms with Crippen molar-refractivity contribution in [2.45, 2.75) is 25.4 Å². The Hall–Kier alpha value is -3.10. The number of hydrogen-bond acceptors (Lipinski definition) is 6. The fourth-order valence-electron chi connectivity index (χ4n) is 2.94. The van der Waals surface area contributed by atoms with Crippen LogP contribution in [0, 0.1) is 13.8 Å². The molecule has 0 atom stereocenters. The molecule has 0 aliphatic heterocycles. The van der Waals surface area contributed by atoms with Crippen LogP contribution < -0.4 is 5.32 Å². The second-order valence-electron chi connectivity index (χ2n) is 6.95. The van der Waals surface area contributed by atoms with Crippen molar-refractivity contribution in [3.8, 4) is 17.1 Å². The van der Waals surface area contributed by atoms with Crippen LogP contribution in [0.4, 0.5) is 5.82 Å². The van der Waals surface area contributed by atoms with Crippen molar-refractivity contribution < 1.29 is 9.32 Å². The van der Waals surface area contributed by atoms with Crippen LogP contribution in [0.1, 0.15) is 17.7 Å².